The number of hydrogen-bond donors (Lipinski definition) is 1. The third kappa shape index (κ3) is 4.03. The maximum atomic E-state index is 11.7. The molecule has 4 heteroatoms. The Kier molecular flexibility index (Phi) is 4.84. The fourth-order valence-corrected chi connectivity index (χ4v) is 1.98. The van der Waals surface area contributed by atoms with E-state index in [1.165, 1.54) is 25.7 Å². The molecule has 0 aromatic heterocycles. The van der Waals surface area contributed by atoms with E-state index in [-0.39, 0.29) is 0 Å². The van der Waals surface area contributed by atoms with Gasteiger partial charge in [-0.15, -0.1) is 0 Å². The van der Waals surface area contributed by atoms with E-state index in [1.807, 2.05) is 0 Å². The summed E-state index contributed by atoms with van der Waals surface area (Å²) in [7, 11) is 0. The molecule has 0 spiro atoms. The van der Waals surface area contributed by atoms with E-state index in [4.69, 9.17) is 0 Å². The first-order valence-corrected chi connectivity index (χ1v) is 5.26. The zero-order valence-electron chi connectivity index (χ0n) is 8.27. The summed E-state index contributed by atoms with van der Waals surface area (Å²) in [5, 5.41) is 2.22. The second-order valence-electron chi connectivity index (χ2n) is 3.88. The van der Waals surface area contributed by atoms with Crippen molar-refractivity contribution < 1.29 is 13.6 Å². The molecule has 0 bridgehead atoms. The van der Waals surface area contributed by atoms with Gasteiger partial charge in [-0.05, 0) is 18.8 Å². The summed E-state index contributed by atoms with van der Waals surface area (Å²) in [5.41, 5.74) is 0. The zero-order chi connectivity index (χ0) is 10.4. The van der Waals surface area contributed by atoms with Crippen LogP contribution in [0.25, 0.3) is 0 Å². The number of carbonyl (C=O) groups is 1. The second kappa shape index (κ2) is 5.94. The summed E-state index contributed by atoms with van der Waals surface area (Å²) in [6.45, 7) is 0.389. The highest BCUT2D eigenvalue weighted by atomic mass is 19.3. The van der Waals surface area contributed by atoms with Gasteiger partial charge in [-0.1, -0.05) is 25.7 Å². The molecular formula is C10H17F2NO. The summed E-state index contributed by atoms with van der Waals surface area (Å²) >= 11 is 0. The Hall–Kier alpha value is -0.670. The van der Waals surface area contributed by atoms with Gasteiger partial charge in [0.1, 0.15) is 0 Å². The van der Waals surface area contributed by atoms with Crippen molar-refractivity contribution in [2.24, 2.45) is 5.92 Å². The Bertz CT molecular complexity index is 179. The predicted molar refractivity (Wildman–Crippen MR) is 50.2 cm³/mol. The Morgan fingerprint density at radius 2 is 2.00 bits per heavy atom. The molecule has 0 heterocycles. The molecule has 1 amide bonds. The van der Waals surface area contributed by atoms with Crippen molar-refractivity contribution >= 4 is 5.91 Å². The zero-order valence-corrected chi connectivity index (χ0v) is 8.27. The van der Waals surface area contributed by atoms with Gasteiger partial charge in [0, 0.05) is 6.54 Å². The van der Waals surface area contributed by atoms with Crippen LogP contribution >= 0.6 is 0 Å². The lowest BCUT2D eigenvalue weighted by Gasteiger charge is -2.08. The van der Waals surface area contributed by atoms with E-state index in [0.29, 0.717) is 6.54 Å². The van der Waals surface area contributed by atoms with Gasteiger partial charge < -0.3 is 5.32 Å². The lowest BCUT2D eigenvalue weighted by Crippen LogP contribution is -2.30. The first-order valence-electron chi connectivity index (χ1n) is 5.26. The molecule has 1 saturated carbocycles. The average molecular weight is 205 g/mol. The van der Waals surface area contributed by atoms with Crippen molar-refractivity contribution in [3.8, 4) is 0 Å². The van der Waals surface area contributed by atoms with Crippen molar-refractivity contribution in [1.29, 1.82) is 0 Å². The quantitative estimate of drug-likeness (QED) is 0.686. The van der Waals surface area contributed by atoms with Crippen LogP contribution in [-0.2, 0) is 4.79 Å². The molecule has 1 rings (SSSR count). The van der Waals surface area contributed by atoms with Crippen LogP contribution < -0.4 is 5.32 Å². The van der Waals surface area contributed by atoms with Gasteiger partial charge in [-0.3, -0.25) is 4.79 Å². The highest BCUT2D eigenvalue weighted by Gasteiger charge is 2.16. The van der Waals surface area contributed by atoms with E-state index < -0.39 is 12.3 Å². The molecule has 1 N–H and O–H groups in total. The lowest BCUT2D eigenvalue weighted by molar-refractivity contribution is -0.131. The lowest BCUT2D eigenvalue weighted by atomic mass is 10.0. The maximum absolute atomic E-state index is 11.7. The normalized spacial score (nSPS) is 17.6. The SMILES string of the molecule is O=C(NCCCC1CCCC1)C(F)F. The minimum absolute atomic E-state index is 0.389. The number of amides is 1. The Balaban J connectivity index is 1.96. The van der Waals surface area contributed by atoms with Gasteiger partial charge in [0.2, 0.25) is 0 Å². The van der Waals surface area contributed by atoms with Crippen LogP contribution in [0.2, 0.25) is 0 Å². The molecule has 82 valence electrons. The first-order chi connectivity index (χ1) is 6.70. The Morgan fingerprint density at radius 3 is 2.57 bits per heavy atom. The van der Waals surface area contributed by atoms with Gasteiger partial charge in [0.25, 0.3) is 5.91 Å². The summed E-state index contributed by atoms with van der Waals surface area (Å²) in [6.07, 6.45) is 4.14. The minimum atomic E-state index is -2.87. The third-order valence-corrected chi connectivity index (χ3v) is 2.76. The van der Waals surface area contributed by atoms with E-state index >= 15 is 0 Å². The number of nitrogens with one attached hydrogen (secondary N) is 1. The minimum Gasteiger partial charge on any atom is -0.351 e. The number of halogens is 2. The van der Waals surface area contributed by atoms with Crippen LogP contribution in [-0.4, -0.2) is 18.9 Å². The van der Waals surface area contributed by atoms with Crippen molar-refractivity contribution in [3.63, 3.8) is 0 Å². The topological polar surface area (TPSA) is 29.1 Å². The molecule has 1 aliphatic carbocycles. The molecule has 0 atom stereocenters. The van der Waals surface area contributed by atoms with Crippen molar-refractivity contribution in [1.82, 2.24) is 5.32 Å². The molecule has 1 aliphatic rings. The van der Waals surface area contributed by atoms with Crippen molar-refractivity contribution in [2.45, 2.75) is 45.0 Å². The third-order valence-electron chi connectivity index (χ3n) is 2.76. The van der Waals surface area contributed by atoms with Crippen LogP contribution in [0, 0.1) is 5.92 Å². The van der Waals surface area contributed by atoms with E-state index in [0.717, 1.165) is 18.8 Å². The maximum Gasteiger partial charge on any atom is 0.315 e. The van der Waals surface area contributed by atoms with Crippen molar-refractivity contribution in [2.75, 3.05) is 6.54 Å². The van der Waals surface area contributed by atoms with Crippen molar-refractivity contribution in [3.05, 3.63) is 0 Å². The first kappa shape index (κ1) is 11.4. The predicted octanol–water partition coefficient (Wildman–Crippen LogP) is 2.34. The molecule has 14 heavy (non-hydrogen) atoms. The fourth-order valence-electron chi connectivity index (χ4n) is 1.98. The molecule has 0 unspecified atom stereocenters. The smallest absolute Gasteiger partial charge is 0.315 e. The summed E-state index contributed by atoms with van der Waals surface area (Å²) in [4.78, 5) is 10.5. The van der Waals surface area contributed by atoms with Crippen LogP contribution in [0.4, 0.5) is 8.78 Å². The summed E-state index contributed by atoms with van der Waals surface area (Å²) in [6, 6.07) is 0. The van der Waals surface area contributed by atoms with Crippen LogP contribution in [0.3, 0.4) is 0 Å². The highest BCUT2D eigenvalue weighted by Crippen LogP contribution is 2.28. The molecule has 2 nitrogen and oxygen atoms in total. The van der Waals surface area contributed by atoms with Crippen LogP contribution in [0.15, 0.2) is 0 Å². The van der Waals surface area contributed by atoms with Gasteiger partial charge in [-0.2, -0.15) is 8.78 Å². The molecular weight excluding hydrogens is 188 g/mol. The van der Waals surface area contributed by atoms with E-state index in [1.54, 1.807) is 0 Å². The molecule has 0 aliphatic heterocycles. The number of alkyl halides is 2. The summed E-state index contributed by atoms with van der Waals surface area (Å²) in [5.74, 6) is -0.380. The van der Waals surface area contributed by atoms with Gasteiger partial charge in [-0.25, -0.2) is 0 Å². The molecule has 0 saturated heterocycles. The monoisotopic (exact) mass is 205 g/mol. The van der Waals surface area contributed by atoms with E-state index in [2.05, 4.69) is 5.32 Å². The standard InChI is InChI=1S/C10H17F2NO/c11-9(12)10(14)13-7-3-6-8-4-1-2-5-8/h8-9H,1-7H2,(H,13,14). The summed E-state index contributed by atoms with van der Waals surface area (Å²) < 4.78 is 23.5. The average Bonchev–Trinajstić information content (AvgIpc) is 2.64. The number of hydrogen-bond acceptors (Lipinski definition) is 1. The number of rotatable bonds is 5. The Labute approximate surface area is 83.1 Å². The van der Waals surface area contributed by atoms with Gasteiger partial charge in [0.15, 0.2) is 0 Å². The molecule has 0 aromatic carbocycles. The second-order valence-corrected chi connectivity index (χ2v) is 3.88. The van der Waals surface area contributed by atoms with E-state index in [9.17, 15) is 13.6 Å². The highest BCUT2D eigenvalue weighted by molar-refractivity contribution is 5.78. The molecule has 0 radical (unpaired) electrons. The Morgan fingerprint density at radius 1 is 1.36 bits per heavy atom. The molecule has 1 fully saturated rings. The molecule has 0 aromatic rings. The number of carbonyl (C=O) groups excluding carboxylic acids is 1. The van der Waals surface area contributed by atoms with Gasteiger partial charge in [0.05, 0.1) is 0 Å². The van der Waals surface area contributed by atoms with Crippen LogP contribution in [0.1, 0.15) is 38.5 Å². The fraction of sp³-hybridized carbons (Fsp3) is 0.900. The largest absolute Gasteiger partial charge is 0.351 e. The van der Waals surface area contributed by atoms with Gasteiger partial charge >= 0.3 is 6.43 Å². The van der Waals surface area contributed by atoms with Crippen LogP contribution in [0.5, 0.6) is 0 Å².